The average molecular weight is 282 g/mol. The molecule has 1 aliphatic carbocycles. The summed E-state index contributed by atoms with van der Waals surface area (Å²) < 4.78 is 27.1. The maximum atomic E-state index is 12.2. The highest BCUT2D eigenvalue weighted by Crippen LogP contribution is 2.30. The summed E-state index contributed by atoms with van der Waals surface area (Å²) in [5, 5.41) is 3.27. The van der Waals surface area contributed by atoms with Crippen LogP contribution in [0.3, 0.4) is 0 Å². The van der Waals surface area contributed by atoms with Crippen molar-refractivity contribution in [3.05, 3.63) is 29.8 Å². The third-order valence-corrected chi connectivity index (χ3v) is 4.87. The van der Waals surface area contributed by atoms with Crippen LogP contribution in [-0.2, 0) is 16.6 Å². The highest BCUT2D eigenvalue weighted by Gasteiger charge is 2.36. The Labute approximate surface area is 115 Å². The van der Waals surface area contributed by atoms with E-state index < -0.39 is 10.0 Å². The van der Waals surface area contributed by atoms with E-state index in [0.29, 0.717) is 17.4 Å². The maximum absolute atomic E-state index is 12.2. The summed E-state index contributed by atoms with van der Waals surface area (Å²) in [4.78, 5) is 0.363. The van der Waals surface area contributed by atoms with Gasteiger partial charge in [-0.15, -0.1) is 0 Å². The first kappa shape index (κ1) is 14.5. The van der Waals surface area contributed by atoms with Crippen molar-refractivity contribution in [2.45, 2.75) is 44.2 Å². The molecule has 2 rings (SSSR count). The molecular weight excluding hydrogens is 260 g/mol. The van der Waals surface area contributed by atoms with E-state index in [0.717, 1.165) is 24.9 Å². The molecule has 19 heavy (non-hydrogen) atoms. The zero-order valence-corrected chi connectivity index (χ0v) is 12.3. The normalized spacial score (nSPS) is 22.4. The van der Waals surface area contributed by atoms with Gasteiger partial charge in [0.2, 0.25) is 10.0 Å². The summed E-state index contributed by atoms with van der Waals surface area (Å²) in [5.74, 6) is 0.462. The highest BCUT2D eigenvalue weighted by molar-refractivity contribution is 7.89. The van der Waals surface area contributed by atoms with Gasteiger partial charge >= 0.3 is 0 Å². The van der Waals surface area contributed by atoms with Crippen LogP contribution in [-0.4, -0.2) is 21.0 Å². The van der Waals surface area contributed by atoms with Gasteiger partial charge in [-0.3, -0.25) is 0 Å². The van der Waals surface area contributed by atoms with Crippen molar-refractivity contribution in [1.29, 1.82) is 0 Å². The van der Waals surface area contributed by atoms with Gasteiger partial charge in [-0.1, -0.05) is 26.0 Å². The molecule has 1 aromatic rings. The van der Waals surface area contributed by atoms with Gasteiger partial charge in [0.1, 0.15) is 0 Å². The largest absolute Gasteiger partial charge is 0.313 e. The van der Waals surface area contributed by atoms with E-state index in [1.165, 1.54) is 0 Å². The molecule has 0 aliphatic heterocycles. The van der Waals surface area contributed by atoms with Crippen molar-refractivity contribution in [2.24, 2.45) is 5.92 Å². The van der Waals surface area contributed by atoms with Crippen LogP contribution in [0.4, 0.5) is 0 Å². The molecule has 1 aliphatic rings. The predicted octanol–water partition coefficient (Wildman–Crippen LogP) is 1.87. The van der Waals surface area contributed by atoms with Gasteiger partial charge in [0.15, 0.2) is 0 Å². The lowest BCUT2D eigenvalue weighted by molar-refractivity contribution is 0.578. The second kappa shape index (κ2) is 6.03. The first-order valence-electron chi connectivity index (χ1n) is 6.85. The predicted molar refractivity (Wildman–Crippen MR) is 76.3 cm³/mol. The first-order chi connectivity index (χ1) is 9.03. The summed E-state index contributed by atoms with van der Waals surface area (Å²) in [7, 11) is -3.36. The first-order valence-corrected chi connectivity index (χ1v) is 8.33. The average Bonchev–Trinajstić information content (AvgIpc) is 3.05. The number of rotatable bonds is 7. The summed E-state index contributed by atoms with van der Waals surface area (Å²) in [6.07, 6.45) is 2.01. The minimum atomic E-state index is -3.36. The third-order valence-electron chi connectivity index (χ3n) is 3.38. The molecule has 4 nitrogen and oxygen atoms in total. The van der Waals surface area contributed by atoms with Crippen molar-refractivity contribution < 1.29 is 8.42 Å². The molecule has 0 bridgehead atoms. The Bertz CT molecular complexity index is 528. The van der Waals surface area contributed by atoms with Gasteiger partial charge < -0.3 is 5.32 Å². The van der Waals surface area contributed by atoms with E-state index in [2.05, 4.69) is 23.9 Å². The van der Waals surface area contributed by atoms with Crippen LogP contribution >= 0.6 is 0 Å². The van der Waals surface area contributed by atoms with Crippen LogP contribution in [0.15, 0.2) is 29.2 Å². The Kier molecular flexibility index (Phi) is 4.60. The van der Waals surface area contributed by atoms with Crippen LogP contribution in [0, 0.1) is 5.92 Å². The van der Waals surface area contributed by atoms with Gasteiger partial charge in [0, 0.05) is 12.6 Å². The Morgan fingerprint density at radius 2 is 2.11 bits per heavy atom. The highest BCUT2D eigenvalue weighted by atomic mass is 32.2. The monoisotopic (exact) mass is 282 g/mol. The van der Waals surface area contributed by atoms with Gasteiger partial charge in [0.05, 0.1) is 4.90 Å². The van der Waals surface area contributed by atoms with E-state index in [-0.39, 0.29) is 6.04 Å². The summed E-state index contributed by atoms with van der Waals surface area (Å²) in [5.41, 5.74) is 1.00. The van der Waals surface area contributed by atoms with Gasteiger partial charge in [-0.25, -0.2) is 13.1 Å². The quantitative estimate of drug-likeness (QED) is 0.751. The second-order valence-electron chi connectivity index (χ2n) is 5.26. The molecule has 0 heterocycles. The number of hydrogen-bond donors (Lipinski definition) is 2. The topological polar surface area (TPSA) is 58.2 Å². The minimum Gasteiger partial charge on any atom is -0.313 e. The molecule has 0 radical (unpaired) electrons. The molecule has 106 valence electrons. The molecular formula is C14H22N2O2S. The molecule has 2 N–H and O–H groups in total. The molecule has 5 heteroatoms. The number of sulfonamides is 1. The summed E-state index contributed by atoms with van der Waals surface area (Å²) >= 11 is 0. The molecule has 0 saturated heterocycles. The van der Waals surface area contributed by atoms with Crippen molar-refractivity contribution >= 4 is 10.0 Å². The Morgan fingerprint density at radius 1 is 1.37 bits per heavy atom. The minimum absolute atomic E-state index is 0.117. The fraction of sp³-hybridized carbons (Fsp3) is 0.571. The lowest BCUT2D eigenvalue weighted by Gasteiger charge is -2.08. The number of hydrogen-bond acceptors (Lipinski definition) is 3. The van der Waals surface area contributed by atoms with Gasteiger partial charge in [0.25, 0.3) is 0 Å². The van der Waals surface area contributed by atoms with E-state index in [4.69, 9.17) is 0 Å². The number of nitrogens with one attached hydrogen (secondary N) is 2. The smallest absolute Gasteiger partial charge is 0.240 e. The molecule has 0 amide bonds. The summed E-state index contributed by atoms with van der Waals surface area (Å²) in [6.45, 7) is 5.80. The third kappa shape index (κ3) is 4.03. The van der Waals surface area contributed by atoms with Gasteiger partial charge in [-0.05, 0) is 43.0 Å². The fourth-order valence-electron chi connectivity index (χ4n) is 1.99. The lowest BCUT2D eigenvalue weighted by Crippen LogP contribution is -2.27. The van der Waals surface area contributed by atoms with Crippen LogP contribution in [0.1, 0.15) is 32.3 Å². The zero-order valence-electron chi connectivity index (χ0n) is 11.5. The molecule has 2 unspecified atom stereocenters. The summed E-state index contributed by atoms with van der Waals surface area (Å²) in [6, 6.07) is 7.26. The lowest BCUT2D eigenvalue weighted by atomic mass is 10.2. The fourth-order valence-corrected chi connectivity index (χ4v) is 3.41. The Morgan fingerprint density at radius 3 is 2.74 bits per heavy atom. The van der Waals surface area contributed by atoms with E-state index in [1.54, 1.807) is 18.2 Å². The standard InChI is InChI=1S/C14H22N2O2S/c1-3-7-15-10-12-5-4-6-13(9-12)19(17,18)16-14-8-11(14)2/h4-6,9,11,14-16H,3,7-8,10H2,1-2H3. The molecule has 0 aromatic heterocycles. The number of benzene rings is 1. The van der Waals surface area contributed by atoms with Crippen molar-refractivity contribution in [3.63, 3.8) is 0 Å². The van der Waals surface area contributed by atoms with Crippen LogP contribution in [0.25, 0.3) is 0 Å². The second-order valence-corrected chi connectivity index (χ2v) is 6.98. The van der Waals surface area contributed by atoms with E-state index in [1.807, 2.05) is 6.07 Å². The van der Waals surface area contributed by atoms with Gasteiger partial charge in [-0.2, -0.15) is 0 Å². The van der Waals surface area contributed by atoms with E-state index in [9.17, 15) is 8.42 Å². The van der Waals surface area contributed by atoms with Crippen LogP contribution in [0.5, 0.6) is 0 Å². The molecule has 0 spiro atoms. The zero-order chi connectivity index (χ0) is 13.9. The van der Waals surface area contributed by atoms with E-state index >= 15 is 0 Å². The van der Waals surface area contributed by atoms with Crippen LogP contribution < -0.4 is 10.0 Å². The molecule has 1 fully saturated rings. The molecule has 1 aromatic carbocycles. The van der Waals surface area contributed by atoms with Crippen molar-refractivity contribution in [1.82, 2.24) is 10.0 Å². The Hall–Kier alpha value is -0.910. The molecule has 1 saturated carbocycles. The molecule has 2 atom stereocenters. The van der Waals surface area contributed by atoms with Crippen LogP contribution in [0.2, 0.25) is 0 Å². The van der Waals surface area contributed by atoms with Crippen molar-refractivity contribution in [2.75, 3.05) is 6.54 Å². The maximum Gasteiger partial charge on any atom is 0.240 e. The van der Waals surface area contributed by atoms with Crippen molar-refractivity contribution in [3.8, 4) is 0 Å². The Balaban J connectivity index is 2.04. The SMILES string of the molecule is CCCNCc1cccc(S(=O)(=O)NC2CC2C)c1.